The van der Waals surface area contributed by atoms with Gasteiger partial charge >= 0.3 is 37.5 Å². The van der Waals surface area contributed by atoms with Crippen LogP contribution in [-0.4, -0.2) is 0 Å². The van der Waals surface area contributed by atoms with E-state index in [-0.39, 0.29) is 86.3 Å². The zero-order chi connectivity index (χ0) is 0. The summed E-state index contributed by atoms with van der Waals surface area (Å²) < 4.78 is 0. The molecule has 0 unspecified atom stereocenters. The van der Waals surface area contributed by atoms with Crippen molar-refractivity contribution in [2.24, 2.45) is 0 Å². The SMILES string of the molecule is [Cl-].[Cl-].[Cu+].[I-].[Pd+2]. The van der Waals surface area contributed by atoms with Crippen LogP contribution in [0.5, 0.6) is 0 Å². The van der Waals surface area contributed by atoms with Crippen LogP contribution < -0.4 is 48.8 Å². The molecule has 0 nitrogen and oxygen atoms in total. The molecule has 5 heteroatoms. The van der Waals surface area contributed by atoms with Gasteiger partial charge in [0.1, 0.15) is 0 Å². The Labute approximate surface area is 85.2 Å². The van der Waals surface area contributed by atoms with Crippen LogP contribution in [0.4, 0.5) is 0 Å². The Morgan fingerprint density at radius 1 is 0.800 bits per heavy atom. The normalized spacial score (nSPS) is 0. The Bertz CT molecular complexity index is 9.61. The fourth-order valence-electron chi connectivity index (χ4n) is 0. The van der Waals surface area contributed by atoms with Gasteiger partial charge in [-0.15, -0.1) is 0 Å². The molecular formula is Cl2CuIPd. The van der Waals surface area contributed by atoms with Gasteiger partial charge in [0.05, 0.1) is 0 Å². The summed E-state index contributed by atoms with van der Waals surface area (Å²) in [5.41, 5.74) is 0. The van der Waals surface area contributed by atoms with Crippen LogP contribution in [0.25, 0.3) is 0 Å². The molecule has 0 aliphatic rings. The van der Waals surface area contributed by atoms with Crippen molar-refractivity contribution in [3.8, 4) is 0 Å². The van der Waals surface area contributed by atoms with E-state index in [1.807, 2.05) is 0 Å². The molecule has 0 saturated heterocycles. The fraction of sp³-hybridized carbons (Fsp3) is 0. The van der Waals surface area contributed by atoms with Crippen LogP contribution in [0, 0.1) is 0 Å². The third-order valence-electron chi connectivity index (χ3n) is 0. The molecule has 0 amide bonds. The molecule has 0 aliphatic heterocycles. The number of halogens is 3. The maximum absolute atomic E-state index is 0. The Morgan fingerprint density at radius 3 is 0.800 bits per heavy atom. The van der Waals surface area contributed by atoms with E-state index in [1.54, 1.807) is 0 Å². The monoisotopic (exact) mass is 366 g/mol. The second-order valence-corrected chi connectivity index (χ2v) is 0. The van der Waals surface area contributed by atoms with Crippen LogP contribution in [0.2, 0.25) is 0 Å². The first-order valence-electron chi connectivity index (χ1n) is 0. The van der Waals surface area contributed by atoms with Gasteiger partial charge in [-0.1, -0.05) is 0 Å². The molecule has 0 N–H and O–H groups in total. The van der Waals surface area contributed by atoms with E-state index >= 15 is 0 Å². The maximum atomic E-state index is 0. The second kappa shape index (κ2) is 31.5. The third kappa shape index (κ3) is 21.1. The molecule has 0 atom stereocenters. The number of hydrogen-bond donors (Lipinski definition) is 0. The van der Waals surface area contributed by atoms with E-state index in [9.17, 15) is 0 Å². The first kappa shape index (κ1) is 50.8. The smallest absolute Gasteiger partial charge is 1.00 e. The quantitative estimate of drug-likeness (QED) is 0.295. The first-order valence-corrected chi connectivity index (χ1v) is 0. The average molecular weight is 368 g/mol. The molecule has 0 aromatic carbocycles. The predicted octanol–water partition coefficient (Wildman–Crippen LogP) is -8.99. The zero-order valence-electron chi connectivity index (χ0n) is 1.75. The van der Waals surface area contributed by atoms with Gasteiger partial charge in [-0.2, -0.15) is 0 Å². The van der Waals surface area contributed by atoms with E-state index in [0.717, 1.165) is 0 Å². The third-order valence-corrected chi connectivity index (χ3v) is 0. The topological polar surface area (TPSA) is 0 Å². The number of rotatable bonds is 0. The molecule has 0 heterocycles. The summed E-state index contributed by atoms with van der Waals surface area (Å²) in [5.74, 6) is 0. The van der Waals surface area contributed by atoms with Crippen molar-refractivity contribution < 1.29 is 86.3 Å². The van der Waals surface area contributed by atoms with Crippen LogP contribution in [0.15, 0.2) is 0 Å². The van der Waals surface area contributed by atoms with Gasteiger partial charge in [-0.3, -0.25) is 0 Å². The van der Waals surface area contributed by atoms with Crippen LogP contribution in [-0.2, 0) is 37.5 Å². The van der Waals surface area contributed by atoms with Crippen molar-refractivity contribution in [1.29, 1.82) is 0 Å². The molecule has 0 aliphatic carbocycles. The molecule has 5 heavy (non-hydrogen) atoms. The van der Waals surface area contributed by atoms with Gasteiger partial charge in [-0.05, 0) is 0 Å². The van der Waals surface area contributed by atoms with Crippen molar-refractivity contribution >= 4 is 0 Å². The summed E-state index contributed by atoms with van der Waals surface area (Å²) in [4.78, 5) is 0. The second-order valence-electron chi connectivity index (χ2n) is 0. The predicted molar refractivity (Wildman–Crippen MR) is 0 cm³/mol. The van der Waals surface area contributed by atoms with E-state index in [2.05, 4.69) is 0 Å². The molecule has 0 radical (unpaired) electrons. The Balaban J connectivity index is 0. The fourth-order valence-corrected chi connectivity index (χ4v) is 0. The molecule has 0 rings (SSSR count). The van der Waals surface area contributed by atoms with Gasteiger partial charge in [0.2, 0.25) is 0 Å². The van der Waals surface area contributed by atoms with Gasteiger partial charge in [0, 0.05) is 0 Å². The zero-order valence-corrected chi connectivity index (χ0v) is 7.92. The molecule has 0 aromatic heterocycles. The Hall–Kier alpha value is 2.49. The standard InChI is InChI=1S/2ClH.Cu.HI.Pd/h2*1H;;1H;/q;;+1;;+2/p-3. The molecule has 0 aromatic rings. The van der Waals surface area contributed by atoms with Crippen molar-refractivity contribution in [2.45, 2.75) is 0 Å². The largest absolute Gasteiger partial charge is 2.00 e. The first-order chi connectivity index (χ1) is 0. The van der Waals surface area contributed by atoms with Gasteiger partial charge in [0.15, 0.2) is 0 Å². The number of hydrogen-bond acceptors (Lipinski definition) is 0. The summed E-state index contributed by atoms with van der Waals surface area (Å²) in [5, 5.41) is 0. The van der Waals surface area contributed by atoms with Gasteiger partial charge < -0.3 is 48.8 Å². The minimum atomic E-state index is 0. The molecular weight excluding hydrogens is 368 g/mol. The van der Waals surface area contributed by atoms with Crippen molar-refractivity contribution in [3.05, 3.63) is 0 Å². The Kier molecular flexibility index (Phi) is 321. The van der Waals surface area contributed by atoms with Crippen LogP contribution >= 0.6 is 0 Å². The van der Waals surface area contributed by atoms with E-state index < -0.39 is 0 Å². The Morgan fingerprint density at radius 2 is 0.800 bits per heavy atom. The summed E-state index contributed by atoms with van der Waals surface area (Å²) in [7, 11) is 0. The van der Waals surface area contributed by atoms with E-state index in [0.29, 0.717) is 0 Å². The average Bonchev–Trinajstić information content (AvgIpc) is 0. The summed E-state index contributed by atoms with van der Waals surface area (Å²) in [6.45, 7) is 0. The molecule has 0 bridgehead atoms. The van der Waals surface area contributed by atoms with E-state index in [1.165, 1.54) is 0 Å². The van der Waals surface area contributed by atoms with Crippen LogP contribution in [0.1, 0.15) is 0 Å². The maximum Gasteiger partial charge on any atom is 2.00 e. The summed E-state index contributed by atoms with van der Waals surface area (Å²) in [6, 6.07) is 0. The summed E-state index contributed by atoms with van der Waals surface area (Å²) >= 11 is 0. The molecule has 42 valence electrons. The van der Waals surface area contributed by atoms with Crippen molar-refractivity contribution in [3.63, 3.8) is 0 Å². The van der Waals surface area contributed by atoms with Crippen molar-refractivity contribution in [1.82, 2.24) is 0 Å². The summed E-state index contributed by atoms with van der Waals surface area (Å²) in [6.07, 6.45) is 0. The van der Waals surface area contributed by atoms with Crippen molar-refractivity contribution in [2.75, 3.05) is 0 Å². The molecule has 0 fully saturated rings. The molecule has 0 spiro atoms. The van der Waals surface area contributed by atoms with Gasteiger partial charge in [0.25, 0.3) is 0 Å². The van der Waals surface area contributed by atoms with Gasteiger partial charge in [-0.25, -0.2) is 0 Å². The van der Waals surface area contributed by atoms with Crippen LogP contribution in [0.3, 0.4) is 0 Å². The molecule has 0 saturated carbocycles. The minimum Gasteiger partial charge on any atom is -1.00 e. The minimum absolute atomic E-state index is 0. The van der Waals surface area contributed by atoms with E-state index in [4.69, 9.17) is 0 Å².